The van der Waals surface area contributed by atoms with E-state index in [4.69, 9.17) is 44.1 Å². The Morgan fingerprint density at radius 2 is 0.815 bits per heavy atom. The maximum absolute atomic E-state index is 10.7. The summed E-state index contributed by atoms with van der Waals surface area (Å²) in [7, 11) is 0. The zero-order chi connectivity index (χ0) is 38.1. The summed E-state index contributed by atoms with van der Waals surface area (Å²) in [4.78, 5) is 31.2. The monoisotopic (exact) mass is 774 g/mol. The lowest BCUT2D eigenvalue weighted by atomic mass is 9.96. The molecule has 4 aromatic carbocycles. The van der Waals surface area contributed by atoms with E-state index in [2.05, 4.69) is 92.4 Å². The van der Waals surface area contributed by atoms with Gasteiger partial charge in [0.1, 0.15) is 13.2 Å². The van der Waals surface area contributed by atoms with Gasteiger partial charge in [0.25, 0.3) is 0 Å². The standard InChI is InChI=1S/2C21H26ClN3O2/c2*22-19-8-6-18(7-9-19)21(17-4-2-1-3-5-17)25-12-10-24(11-13-25)14-15-27-16-20(23)26/h2*1-9,21H,10-16H2,(H2,23,26)/t2*21-/m10/s1. The van der Waals surface area contributed by atoms with Crippen LogP contribution in [-0.2, 0) is 19.1 Å². The number of rotatable bonds is 16. The zero-order valence-corrected chi connectivity index (χ0v) is 32.3. The molecule has 0 bridgehead atoms. The van der Waals surface area contributed by atoms with Gasteiger partial charge in [-0.2, -0.15) is 0 Å². The maximum atomic E-state index is 10.7. The first-order chi connectivity index (χ1) is 26.3. The lowest BCUT2D eigenvalue weighted by molar-refractivity contribution is -0.123. The van der Waals surface area contributed by atoms with Gasteiger partial charge in [-0.1, -0.05) is 108 Å². The molecule has 0 unspecified atom stereocenters. The third-order valence-corrected chi connectivity index (χ3v) is 10.2. The van der Waals surface area contributed by atoms with E-state index in [1.54, 1.807) is 0 Å². The van der Waals surface area contributed by atoms with Crippen molar-refractivity contribution in [2.45, 2.75) is 12.1 Å². The van der Waals surface area contributed by atoms with Crippen molar-refractivity contribution in [2.24, 2.45) is 11.5 Å². The Kier molecular flexibility index (Phi) is 16.8. The Morgan fingerprint density at radius 1 is 0.500 bits per heavy atom. The minimum Gasteiger partial charge on any atom is -0.370 e. The molecular weight excluding hydrogens is 723 g/mol. The van der Waals surface area contributed by atoms with Crippen molar-refractivity contribution in [3.8, 4) is 0 Å². The molecule has 2 amide bonds. The summed E-state index contributed by atoms with van der Waals surface area (Å²) < 4.78 is 10.6. The van der Waals surface area contributed by atoms with Gasteiger partial charge in [0, 0.05) is 75.5 Å². The molecule has 0 radical (unpaired) electrons. The van der Waals surface area contributed by atoms with Crippen LogP contribution < -0.4 is 11.5 Å². The van der Waals surface area contributed by atoms with Gasteiger partial charge in [-0.3, -0.25) is 29.2 Å². The summed E-state index contributed by atoms with van der Waals surface area (Å²) in [5.41, 5.74) is 15.3. The first-order valence-electron chi connectivity index (χ1n) is 18.5. The van der Waals surface area contributed by atoms with Crippen molar-refractivity contribution in [1.82, 2.24) is 19.6 Å². The predicted molar refractivity (Wildman–Crippen MR) is 216 cm³/mol. The topological polar surface area (TPSA) is 118 Å². The van der Waals surface area contributed by atoms with E-state index in [1.807, 2.05) is 36.4 Å². The molecular formula is C42H52Cl2N6O4. The van der Waals surface area contributed by atoms with E-state index >= 15 is 0 Å². The Hall–Kier alpha value is -3.84. The van der Waals surface area contributed by atoms with Crippen LogP contribution in [-0.4, -0.2) is 123 Å². The number of ether oxygens (including phenoxy) is 2. The highest BCUT2D eigenvalue weighted by Crippen LogP contribution is 2.32. The molecule has 10 nitrogen and oxygen atoms in total. The first kappa shape index (κ1) is 41.3. The van der Waals surface area contributed by atoms with Crippen LogP contribution in [0, 0.1) is 0 Å². The van der Waals surface area contributed by atoms with Gasteiger partial charge in [-0.15, -0.1) is 0 Å². The van der Waals surface area contributed by atoms with Crippen molar-refractivity contribution in [2.75, 3.05) is 91.9 Å². The summed E-state index contributed by atoms with van der Waals surface area (Å²) in [6.07, 6.45) is 0. The highest BCUT2D eigenvalue weighted by atomic mass is 35.5. The largest absolute Gasteiger partial charge is 0.370 e. The molecule has 0 aliphatic carbocycles. The van der Waals surface area contributed by atoms with E-state index in [0.717, 1.165) is 75.5 Å². The molecule has 2 aliphatic rings. The van der Waals surface area contributed by atoms with Crippen LogP contribution in [0.15, 0.2) is 109 Å². The van der Waals surface area contributed by atoms with Gasteiger partial charge in [-0.25, -0.2) is 0 Å². The molecule has 288 valence electrons. The van der Waals surface area contributed by atoms with Crippen molar-refractivity contribution in [3.05, 3.63) is 141 Å². The molecule has 12 heteroatoms. The molecule has 4 aromatic rings. The molecule has 2 fully saturated rings. The fourth-order valence-electron chi connectivity index (χ4n) is 7.01. The van der Waals surface area contributed by atoms with Gasteiger partial charge < -0.3 is 20.9 Å². The Morgan fingerprint density at radius 3 is 1.13 bits per heavy atom. The van der Waals surface area contributed by atoms with Crippen LogP contribution in [0.1, 0.15) is 34.3 Å². The maximum Gasteiger partial charge on any atom is 0.243 e. The molecule has 2 aliphatic heterocycles. The summed E-state index contributed by atoms with van der Waals surface area (Å²) in [6.45, 7) is 10.4. The number of carbonyl (C=O) groups is 2. The van der Waals surface area contributed by atoms with E-state index in [9.17, 15) is 9.59 Å². The van der Waals surface area contributed by atoms with E-state index in [0.29, 0.717) is 13.2 Å². The van der Waals surface area contributed by atoms with Crippen LogP contribution in [0.2, 0.25) is 10.0 Å². The minimum atomic E-state index is -0.423. The molecule has 4 N–H and O–H groups in total. The average Bonchev–Trinajstić information content (AvgIpc) is 3.19. The summed E-state index contributed by atoms with van der Waals surface area (Å²) in [5, 5.41) is 1.51. The fourth-order valence-corrected chi connectivity index (χ4v) is 7.26. The lowest BCUT2D eigenvalue weighted by Crippen LogP contribution is -2.48. The second-order valence-electron chi connectivity index (χ2n) is 13.5. The van der Waals surface area contributed by atoms with Crippen LogP contribution in [0.3, 0.4) is 0 Å². The normalized spacial score (nSPS) is 16.9. The number of nitrogens with zero attached hydrogens (tertiary/aromatic N) is 4. The number of nitrogens with two attached hydrogens (primary N) is 2. The van der Waals surface area contributed by atoms with Gasteiger partial charge in [0.05, 0.1) is 25.3 Å². The number of hydrogen-bond donors (Lipinski definition) is 2. The molecule has 54 heavy (non-hydrogen) atoms. The van der Waals surface area contributed by atoms with Crippen molar-refractivity contribution < 1.29 is 19.1 Å². The summed E-state index contributed by atoms with van der Waals surface area (Å²) in [5.74, 6) is -0.845. The minimum absolute atomic E-state index is 0.00733. The Labute approximate surface area is 329 Å². The van der Waals surface area contributed by atoms with E-state index in [-0.39, 0.29) is 25.3 Å². The van der Waals surface area contributed by atoms with Gasteiger partial charge in [0.2, 0.25) is 11.8 Å². The highest BCUT2D eigenvalue weighted by Gasteiger charge is 2.27. The summed E-state index contributed by atoms with van der Waals surface area (Å²) >= 11 is 12.2. The lowest BCUT2D eigenvalue weighted by Gasteiger charge is -2.39. The molecule has 0 aromatic heterocycles. The molecule has 0 saturated carbocycles. The smallest absolute Gasteiger partial charge is 0.243 e. The molecule has 0 spiro atoms. The third kappa shape index (κ3) is 13.2. The molecule has 2 heterocycles. The second-order valence-corrected chi connectivity index (χ2v) is 14.4. The Bertz CT molecular complexity index is 1560. The highest BCUT2D eigenvalue weighted by molar-refractivity contribution is 6.30. The number of primary amides is 2. The number of amides is 2. The number of piperazine rings is 2. The van der Waals surface area contributed by atoms with Crippen molar-refractivity contribution in [3.63, 3.8) is 0 Å². The second kappa shape index (κ2) is 21.9. The summed E-state index contributed by atoms with van der Waals surface area (Å²) in [6, 6.07) is 37.9. The van der Waals surface area contributed by atoms with Crippen molar-refractivity contribution >= 4 is 35.0 Å². The zero-order valence-electron chi connectivity index (χ0n) is 30.8. The van der Waals surface area contributed by atoms with Gasteiger partial charge >= 0.3 is 0 Å². The Balaban J connectivity index is 0.000000208. The van der Waals surface area contributed by atoms with Gasteiger partial charge in [0.15, 0.2) is 0 Å². The quantitative estimate of drug-likeness (QED) is 0.151. The fraction of sp³-hybridized carbons (Fsp3) is 0.381. The van der Waals surface area contributed by atoms with Crippen LogP contribution in [0.5, 0.6) is 0 Å². The number of halogens is 2. The SMILES string of the molecule is NC(=O)COCCN1CCN([C@@H](c2ccccc2)c2ccc(Cl)cc2)CC1.NC(=O)COCCN1CCN([C@H](c2ccccc2)c2ccc(Cl)cc2)CC1. The number of carbonyl (C=O) groups excluding carboxylic acids is 2. The number of benzene rings is 4. The average molecular weight is 776 g/mol. The van der Waals surface area contributed by atoms with E-state index in [1.165, 1.54) is 22.3 Å². The predicted octanol–water partition coefficient (Wildman–Crippen LogP) is 5.10. The molecule has 2 atom stereocenters. The van der Waals surface area contributed by atoms with Gasteiger partial charge in [-0.05, 0) is 46.5 Å². The van der Waals surface area contributed by atoms with Crippen LogP contribution in [0.4, 0.5) is 0 Å². The third-order valence-electron chi connectivity index (χ3n) is 9.74. The van der Waals surface area contributed by atoms with Crippen LogP contribution in [0.25, 0.3) is 0 Å². The number of hydrogen-bond acceptors (Lipinski definition) is 8. The molecule has 2 saturated heterocycles. The van der Waals surface area contributed by atoms with Crippen molar-refractivity contribution in [1.29, 1.82) is 0 Å². The van der Waals surface area contributed by atoms with Crippen LogP contribution >= 0.6 is 23.2 Å². The van der Waals surface area contributed by atoms with E-state index < -0.39 is 11.8 Å². The molecule has 6 rings (SSSR count). The first-order valence-corrected chi connectivity index (χ1v) is 19.3.